The van der Waals surface area contributed by atoms with Crippen LogP contribution in [0.2, 0.25) is 0 Å². The Labute approximate surface area is 119 Å². The van der Waals surface area contributed by atoms with Gasteiger partial charge >= 0.3 is 0 Å². The van der Waals surface area contributed by atoms with E-state index in [0.29, 0.717) is 16.4 Å². The lowest BCUT2D eigenvalue weighted by molar-refractivity contribution is 0.344. The molecule has 2 N–H and O–H groups in total. The fourth-order valence-electron chi connectivity index (χ4n) is 2.18. The van der Waals surface area contributed by atoms with E-state index >= 15 is 0 Å². The van der Waals surface area contributed by atoms with Crippen LogP contribution < -0.4 is 10.6 Å². The number of rotatable bonds is 4. The van der Waals surface area contributed by atoms with Gasteiger partial charge in [-0.15, -0.1) is 0 Å². The molecule has 0 bridgehead atoms. The van der Waals surface area contributed by atoms with Crippen molar-refractivity contribution in [3.63, 3.8) is 0 Å². The number of aryl methyl sites for hydroxylation is 1. The van der Waals surface area contributed by atoms with Crippen LogP contribution in [0, 0.1) is 12.7 Å². The predicted molar refractivity (Wildman–Crippen MR) is 81.0 cm³/mol. The summed E-state index contributed by atoms with van der Waals surface area (Å²) in [5.41, 5.74) is 1.32. The van der Waals surface area contributed by atoms with Crippen LogP contribution in [0.5, 0.6) is 0 Å². The first-order chi connectivity index (χ1) is 9.15. The second-order valence-corrected chi connectivity index (χ2v) is 5.30. The van der Waals surface area contributed by atoms with Crippen LogP contribution in [0.4, 0.5) is 10.1 Å². The number of hydrogen-bond donors (Lipinski definition) is 2. The first-order valence-electron chi connectivity index (χ1n) is 6.68. The molecule has 0 aliphatic carbocycles. The summed E-state index contributed by atoms with van der Waals surface area (Å²) in [6.07, 6.45) is 2.59. The lowest BCUT2D eigenvalue weighted by Crippen LogP contribution is -2.35. The van der Waals surface area contributed by atoms with Gasteiger partial charge in [0.2, 0.25) is 0 Å². The third-order valence-electron chi connectivity index (χ3n) is 3.34. The minimum Gasteiger partial charge on any atom is -0.361 e. The molecule has 0 spiro atoms. The van der Waals surface area contributed by atoms with Crippen molar-refractivity contribution in [1.29, 1.82) is 0 Å². The molecular weight excluding hydrogens is 261 g/mol. The molecule has 3 nitrogen and oxygen atoms in total. The molecule has 1 saturated heterocycles. The summed E-state index contributed by atoms with van der Waals surface area (Å²) in [6.45, 7) is 5.94. The number of nitrogens with zero attached hydrogens (tertiary/aromatic N) is 1. The summed E-state index contributed by atoms with van der Waals surface area (Å²) >= 11 is 5.19. The van der Waals surface area contributed by atoms with Gasteiger partial charge in [0.05, 0.1) is 0 Å². The summed E-state index contributed by atoms with van der Waals surface area (Å²) in [4.78, 5) is 2.42. The van der Waals surface area contributed by atoms with Crippen LogP contribution in [0.15, 0.2) is 18.2 Å². The first-order valence-corrected chi connectivity index (χ1v) is 7.09. The highest BCUT2D eigenvalue weighted by atomic mass is 32.1. The maximum Gasteiger partial charge on any atom is 0.170 e. The average molecular weight is 281 g/mol. The van der Waals surface area contributed by atoms with Crippen molar-refractivity contribution in [3.05, 3.63) is 29.6 Å². The van der Waals surface area contributed by atoms with Gasteiger partial charge in [0.15, 0.2) is 5.11 Å². The smallest absolute Gasteiger partial charge is 0.170 e. The fraction of sp³-hybridized carbons (Fsp3) is 0.500. The zero-order valence-electron chi connectivity index (χ0n) is 11.2. The van der Waals surface area contributed by atoms with E-state index in [9.17, 15) is 4.39 Å². The van der Waals surface area contributed by atoms with E-state index in [1.807, 2.05) is 6.07 Å². The van der Waals surface area contributed by atoms with E-state index in [1.54, 1.807) is 13.0 Å². The first kappa shape index (κ1) is 14.2. The van der Waals surface area contributed by atoms with Gasteiger partial charge in [-0.2, -0.15) is 0 Å². The zero-order chi connectivity index (χ0) is 13.7. The van der Waals surface area contributed by atoms with Gasteiger partial charge in [-0.25, -0.2) is 4.39 Å². The molecule has 19 heavy (non-hydrogen) atoms. The number of anilines is 1. The van der Waals surface area contributed by atoms with Crippen LogP contribution in [-0.2, 0) is 0 Å². The van der Waals surface area contributed by atoms with Gasteiger partial charge in [0, 0.05) is 18.8 Å². The lowest BCUT2D eigenvalue weighted by atomic mass is 10.2. The molecule has 0 amide bonds. The van der Waals surface area contributed by atoms with Crippen LogP contribution in [-0.4, -0.2) is 36.2 Å². The summed E-state index contributed by atoms with van der Waals surface area (Å²) in [6, 6.07) is 5.03. The van der Waals surface area contributed by atoms with Crippen molar-refractivity contribution < 1.29 is 4.39 Å². The molecule has 2 rings (SSSR count). The highest BCUT2D eigenvalue weighted by Gasteiger charge is 2.10. The summed E-state index contributed by atoms with van der Waals surface area (Å²) < 4.78 is 13.4. The largest absolute Gasteiger partial charge is 0.361 e. The quantitative estimate of drug-likeness (QED) is 0.829. The molecular formula is C14H20FN3S. The molecule has 1 aliphatic heterocycles. The Balaban J connectivity index is 1.72. The van der Waals surface area contributed by atoms with Crippen molar-refractivity contribution in [3.8, 4) is 0 Å². The number of likely N-dealkylation sites (tertiary alicyclic amines) is 1. The molecule has 1 aliphatic rings. The third-order valence-corrected chi connectivity index (χ3v) is 3.59. The zero-order valence-corrected chi connectivity index (χ0v) is 12.0. The van der Waals surface area contributed by atoms with E-state index in [2.05, 4.69) is 15.5 Å². The second kappa shape index (κ2) is 6.82. The maximum absolute atomic E-state index is 13.4. The molecule has 0 saturated carbocycles. The summed E-state index contributed by atoms with van der Waals surface area (Å²) in [5.74, 6) is -0.218. The molecule has 104 valence electrons. The molecule has 5 heteroatoms. The Morgan fingerprint density at radius 1 is 1.37 bits per heavy atom. The number of halogens is 1. The van der Waals surface area contributed by atoms with E-state index in [4.69, 9.17) is 12.2 Å². The molecule has 1 aromatic carbocycles. The number of nitrogens with one attached hydrogen (secondary N) is 2. The Bertz CT molecular complexity index is 444. The Kier molecular flexibility index (Phi) is 5.10. The van der Waals surface area contributed by atoms with Gasteiger partial charge in [0.25, 0.3) is 0 Å². The highest BCUT2D eigenvalue weighted by Crippen LogP contribution is 2.13. The molecule has 0 atom stereocenters. The van der Waals surface area contributed by atoms with Crippen LogP contribution in [0.1, 0.15) is 18.4 Å². The van der Waals surface area contributed by atoms with E-state index in [0.717, 1.165) is 13.1 Å². The van der Waals surface area contributed by atoms with Gasteiger partial charge in [0.1, 0.15) is 5.82 Å². The Hall–Kier alpha value is -1.20. The standard InChI is InChI=1S/C14H20FN3S/c1-11-4-5-12(10-13(11)15)17-14(19)16-6-9-18-7-2-3-8-18/h4-5,10H,2-3,6-9H2,1H3,(H2,16,17,19). The number of thiocarbonyl (C=S) groups is 1. The highest BCUT2D eigenvalue weighted by molar-refractivity contribution is 7.80. The minimum atomic E-state index is -0.218. The van der Waals surface area contributed by atoms with Crippen molar-refractivity contribution >= 4 is 23.0 Å². The van der Waals surface area contributed by atoms with Crippen molar-refractivity contribution in [2.24, 2.45) is 0 Å². The molecule has 1 fully saturated rings. The SMILES string of the molecule is Cc1ccc(NC(=S)NCCN2CCCC2)cc1F. The lowest BCUT2D eigenvalue weighted by Gasteiger charge is -2.16. The van der Waals surface area contributed by atoms with E-state index in [1.165, 1.54) is 32.0 Å². The van der Waals surface area contributed by atoms with Crippen LogP contribution in [0.25, 0.3) is 0 Å². The second-order valence-electron chi connectivity index (χ2n) is 4.89. The molecule has 1 heterocycles. The molecule has 0 unspecified atom stereocenters. The van der Waals surface area contributed by atoms with Gasteiger partial charge in [-0.3, -0.25) is 0 Å². The van der Waals surface area contributed by atoms with Crippen molar-refractivity contribution in [2.75, 3.05) is 31.5 Å². The Morgan fingerprint density at radius 2 is 2.11 bits per heavy atom. The molecule has 0 aromatic heterocycles. The average Bonchev–Trinajstić information content (AvgIpc) is 2.87. The maximum atomic E-state index is 13.4. The number of benzene rings is 1. The summed E-state index contributed by atoms with van der Waals surface area (Å²) in [7, 11) is 0. The normalized spacial score (nSPS) is 15.5. The van der Waals surface area contributed by atoms with Crippen LogP contribution >= 0.6 is 12.2 Å². The third kappa shape index (κ3) is 4.44. The van der Waals surface area contributed by atoms with E-state index < -0.39 is 0 Å². The van der Waals surface area contributed by atoms with Gasteiger partial charge < -0.3 is 15.5 Å². The van der Waals surface area contributed by atoms with E-state index in [-0.39, 0.29) is 5.82 Å². The molecule has 1 aromatic rings. The summed E-state index contributed by atoms with van der Waals surface area (Å²) in [5, 5.41) is 6.69. The monoisotopic (exact) mass is 281 g/mol. The number of hydrogen-bond acceptors (Lipinski definition) is 2. The van der Waals surface area contributed by atoms with Crippen molar-refractivity contribution in [1.82, 2.24) is 10.2 Å². The fourth-order valence-corrected chi connectivity index (χ4v) is 2.40. The van der Waals surface area contributed by atoms with Crippen molar-refractivity contribution in [2.45, 2.75) is 19.8 Å². The minimum absolute atomic E-state index is 0.218. The predicted octanol–water partition coefficient (Wildman–Crippen LogP) is 2.52. The molecule has 0 radical (unpaired) electrons. The topological polar surface area (TPSA) is 27.3 Å². The van der Waals surface area contributed by atoms with Gasteiger partial charge in [-0.1, -0.05) is 6.07 Å². The Morgan fingerprint density at radius 3 is 2.79 bits per heavy atom. The van der Waals surface area contributed by atoms with Gasteiger partial charge in [-0.05, 0) is 62.8 Å². The van der Waals surface area contributed by atoms with Crippen LogP contribution in [0.3, 0.4) is 0 Å².